The van der Waals surface area contributed by atoms with Crippen molar-refractivity contribution in [2.45, 2.75) is 39.3 Å². The highest BCUT2D eigenvalue weighted by Gasteiger charge is 2.24. The van der Waals surface area contributed by atoms with Gasteiger partial charge in [-0.15, -0.1) is 0 Å². The maximum atomic E-state index is 10.8. The molecule has 1 heterocycles. The predicted octanol–water partition coefficient (Wildman–Crippen LogP) is 2.70. The van der Waals surface area contributed by atoms with Crippen molar-refractivity contribution in [3.05, 3.63) is 29.8 Å². The van der Waals surface area contributed by atoms with E-state index >= 15 is 0 Å². The molecule has 0 aliphatic carbocycles. The second-order valence-electron chi connectivity index (χ2n) is 7.13. The summed E-state index contributed by atoms with van der Waals surface area (Å²) in [6.45, 7) is 8.04. The van der Waals surface area contributed by atoms with Crippen LogP contribution in [0, 0.1) is 5.92 Å². The van der Waals surface area contributed by atoms with Crippen molar-refractivity contribution >= 4 is 5.97 Å². The zero-order valence-corrected chi connectivity index (χ0v) is 15.1. The van der Waals surface area contributed by atoms with E-state index in [1.54, 1.807) is 0 Å². The first-order chi connectivity index (χ1) is 11.5. The molecule has 1 aromatic carbocycles. The molecule has 0 saturated carbocycles. The van der Waals surface area contributed by atoms with Crippen molar-refractivity contribution in [2.75, 3.05) is 33.3 Å². The first kappa shape index (κ1) is 18.7. The summed E-state index contributed by atoms with van der Waals surface area (Å²) in [7, 11) is 1.91. The van der Waals surface area contributed by atoms with Gasteiger partial charge in [-0.1, -0.05) is 32.0 Å². The van der Waals surface area contributed by atoms with E-state index in [2.05, 4.69) is 30.9 Å². The summed E-state index contributed by atoms with van der Waals surface area (Å²) in [5.74, 6) is 0.742. The summed E-state index contributed by atoms with van der Waals surface area (Å²) >= 11 is 0. The molecule has 1 aromatic rings. The topological polar surface area (TPSA) is 53.0 Å². The number of carbonyl (C=O) groups is 1. The van der Waals surface area contributed by atoms with Crippen molar-refractivity contribution in [2.24, 2.45) is 5.92 Å². The Morgan fingerprint density at radius 1 is 1.33 bits per heavy atom. The molecular weight excluding hydrogens is 304 g/mol. The van der Waals surface area contributed by atoms with Crippen LogP contribution in [0.15, 0.2) is 24.3 Å². The van der Waals surface area contributed by atoms with E-state index in [0.29, 0.717) is 12.0 Å². The molecule has 0 amide bonds. The molecule has 1 aliphatic rings. The van der Waals surface area contributed by atoms with Gasteiger partial charge in [0.25, 0.3) is 0 Å². The van der Waals surface area contributed by atoms with E-state index in [-0.39, 0.29) is 6.54 Å². The Morgan fingerprint density at radius 3 is 2.62 bits per heavy atom. The highest BCUT2D eigenvalue weighted by molar-refractivity contribution is 5.69. The molecule has 2 rings (SSSR count). The third kappa shape index (κ3) is 5.80. The van der Waals surface area contributed by atoms with Crippen LogP contribution in [-0.4, -0.2) is 60.2 Å². The van der Waals surface area contributed by atoms with Crippen LogP contribution in [-0.2, 0) is 11.3 Å². The first-order valence-corrected chi connectivity index (χ1v) is 8.80. The number of nitrogens with zero attached hydrogens (tertiary/aromatic N) is 2. The van der Waals surface area contributed by atoms with Crippen LogP contribution in [0.5, 0.6) is 5.75 Å². The Bertz CT molecular complexity index is 525. The summed E-state index contributed by atoms with van der Waals surface area (Å²) in [5.41, 5.74) is 1.23. The molecule has 0 aromatic heterocycles. The van der Waals surface area contributed by atoms with Crippen molar-refractivity contribution in [3.63, 3.8) is 0 Å². The number of carboxylic acids is 1. The van der Waals surface area contributed by atoms with Crippen molar-refractivity contribution in [1.29, 1.82) is 0 Å². The second kappa shape index (κ2) is 9.04. The van der Waals surface area contributed by atoms with Crippen LogP contribution in [0.3, 0.4) is 0 Å². The standard InChI is InChI=1S/C19H30N2O3/c1-15(2)14-24-18-7-5-4-6-16(18)12-21-10-8-17(9-11-21)20(3)13-19(22)23/h4-7,15,17H,8-14H2,1-3H3,(H,22,23). The summed E-state index contributed by atoms with van der Waals surface area (Å²) in [4.78, 5) is 15.2. The van der Waals surface area contributed by atoms with Crippen molar-refractivity contribution in [3.8, 4) is 5.75 Å². The van der Waals surface area contributed by atoms with Crippen LogP contribution < -0.4 is 4.74 Å². The lowest BCUT2D eigenvalue weighted by Gasteiger charge is -2.36. The fourth-order valence-electron chi connectivity index (χ4n) is 3.13. The number of likely N-dealkylation sites (tertiary alicyclic amines) is 1. The number of aliphatic carboxylic acids is 1. The molecule has 5 nitrogen and oxygen atoms in total. The largest absolute Gasteiger partial charge is 0.493 e. The fraction of sp³-hybridized carbons (Fsp3) is 0.632. The molecule has 24 heavy (non-hydrogen) atoms. The quantitative estimate of drug-likeness (QED) is 0.792. The maximum absolute atomic E-state index is 10.8. The molecule has 1 fully saturated rings. The third-order valence-electron chi connectivity index (χ3n) is 4.50. The first-order valence-electron chi connectivity index (χ1n) is 8.80. The highest BCUT2D eigenvalue weighted by Crippen LogP contribution is 2.23. The summed E-state index contributed by atoms with van der Waals surface area (Å²) in [5, 5.41) is 8.92. The molecule has 0 radical (unpaired) electrons. The number of likely N-dealkylation sites (N-methyl/N-ethyl adjacent to an activating group) is 1. The summed E-state index contributed by atoms with van der Waals surface area (Å²) in [6.07, 6.45) is 2.03. The van der Waals surface area contributed by atoms with Gasteiger partial charge in [-0.2, -0.15) is 0 Å². The van der Waals surface area contributed by atoms with Gasteiger partial charge >= 0.3 is 5.97 Å². The van der Waals surface area contributed by atoms with Gasteiger partial charge in [0.05, 0.1) is 13.2 Å². The van der Waals surface area contributed by atoms with E-state index in [1.807, 2.05) is 24.1 Å². The van der Waals surface area contributed by atoms with Crippen LogP contribution in [0.1, 0.15) is 32.3 Å². The number of hydrogen-bond acceptors (Lipinski definition) is 4. The van der Waals surface area contributed by atoms with Gasteiger partial charge in [0.1, 0.15) is 5.75 Å². The Labute approximate surface area is 145 Å². The number of ether oxygens (including phenoxy) is 1. The van der Waals surface area contributed by atoms with Crippen LogP contribution in [0.4, 0.5) is 0 Å². The predicted molar refractivity (Wildman–Crippen MR) is 95.3 cm³/mol. The molecule has 134 valence electrons. The Hall–Kier alpha value is -1.59. The highest BCUT2D eigenvalue weighted by atomic mass is 16.5. The van der Waals surface area contributed by atoms with Gasteiger partial charge in [0, 0.05) is 18.2 Å². The van der Waals surface area contributed by atoms with Crippen molar-refractivity contribution in [1.82, 2.24) is 9.80 Å². The Kier molecular flexibility index (Phi) is 7.06. The van der Waals surface area contributed by atoms with Gasteiger partial charge in [-0.25, -0.2) is 0 Å². The summed E-state index contributed by atoms with van der Waals surface area (Å²) < 4.78 is 5.94. The lowest BCUT2D eigenvalue weighted by Crippen LogP contribution is -2.44. The van der Waals surface area contributed by atoms with Crippen molar-refractivity contribution < 1.29 is 14.6 Å². The number of hydrogen-bond donors (Lipinski definition) is 1. The van der Waals surface area contributed by atoms with E-state index < -0.39 is 5.97 Å². The molecule has 1 saturated heterocycles. The van der Waals surface area contributed by atoms with Crippen LogP contribution >= 0.6 is 0 Å². The van der Waals surface area contributed by atoms with Gasteiger partial charge in [-0.05, 0) is 45.0 Å². The van der Waals surface area contributed by atoms with E-state index in [9.17, 15) is 4.79 Å². The van der Waals surface area contributed by atoms with E-state index in [1.165, 1.54) is 5.56 Å². The molecule has 1 N–H and O–H groups in total. The van der Waals surface area contributed by atoms with Gasteiger partial charge in [0.2, 0.25) is 0 Å². The Morgan fingerprint density at radius 2 is 2.00 bits per heavy atom. The molecule has 0 atom stereocenters. The van der Waals surface area contributed by atoms with Crippen LogP contribution in [0.25, 0.3) is 0 Å². The smallest absolute Gasteiger partial charge is 0.317 e. The number of rotatable bonds is 8. The SMILES string of the molecule is CC(C)COc1ccccc1CN1CCC(N(C)CC(=O)O)CC1. The number of piperidine rings is 1. The number of benzene rings is 1. The molecule has 0 bridgehead atoms. The fourth-order valence-corrected chi connectivity index (χ4v) is 3.13. The van der Waals surface area contributed by atoms with E-state index in [0.717, 1.165) is 44.8 Å². The molecule has 5 heteroatoms. The normalized spacial score (nSPS) is 16.7. The molecule has 0 unspecified atom stereocenters. The minimum absolute atomic E-state index is 0.122. The Balaban J connectivity index is 1.86. The average molecular weight is 334 g/mol. The zero-order chi connectivity index (χ0) is 17.5. The van der Waals surface area contributed by atoms with Gasteiger partial charge in [-0.3, -0.25) is 14.6 Å². The lowest BCUT2D eigenvalue weighted by molar-refractivity contribution is -0.138. The van der Waals surface area contributed by atoms with Gasteiger partial charge < -0.3 is 9.84 Å². The van der Waals surface area contributed by atoms with Gasteiger partial charge in [0.15, 0.2) is 0 Å². The second-order valence-corrected chi connectivity index (χ2v) is 7.13. The zero-order valence-electron chi connectivity index (χ0n) is 15.1. The molecular formula is C19H30N2O3. The number of carboxylic acid groups (broad SMARTS) is 1. The number of para-hydroxylation sites is 1. The average Bonchev–Trinajstić information content (AvgIpc) is 2.54. The van der Waals surface area contributed by atoms with Crippen LogP contribution in [0.2, 0.25) is 0 Å². The minimum Gasteiger partial charge on any atom is -0.493 e. The monoisotopic (exact) mass is 334 g/mol. The lowest BCUT2D eigenvalue weighted by atomic mass is 10.0. The summed E-state index contributed by atoms with van der Waals surface area (Å²) in [6, 6.07) is 8.63. The van der Waals surface area contributed by atoms with E-state index in [4.69, 9.17) is 9.84 Å². The molecule has 0 spiro atoms. The molecule has 1 aliphatic heterocycles. The maximum Gasteiger partial charge on any atom is 0.317 e. The third-order valence-corrected chi connectivity index (χ3v) is 4.50. The minimum atomic E-state index is -0.754.